The zero-order valence-corrected chi connectivity index (χ0v) is 10.6. The standard InChI is InChI=1S/C12H14N4S/c1-9-13-4-10-5-16(3-2-12(10)15-9)6-11-7-17-8-14-11/h4,7-8H,2-3,5-6H2,1H3. The summed E-state index contributed by atoms with van der Waals surface area (Å²) in [6.45, 7) is 4.87. The van der Waals surface area contributed by atoms with Crippen LogP contribution in [0.25, 0.3) is 0 Å². The highest BCUT2D eigenvalue weighted by Gasteiger charge is 2.18. The highest BCUT2D eigenvalue weighted by atomic mass is 32.1. The third kappa shape index (κ3) is 2.35. The van der Waals surface area contributed by atoms with Gasteiger partial charge in [-0.3, -0.25) is 4.90 Å². The van der Waals surface area contributed by atoms with Gasteiger partial charge in [-0.05, 0) is 6.92 Å². The van der Waals surface area contributed by atoms with Gasteiger partial charge in [0, 0.05) is 48.9 Å². The molecule has 0 unspecified atom stereocenters. The maximum absolute atomic E-state index is 4.49. The molecule has 0 radical (unpaired) electrons. The van der Waals surface area contributed by atoms with Crippen LogP contribution in [0, 0.1) is 6.92 Å². The van der Waals surface area contributed by atoms with Gasteiger partial charge in [0.1, 0.15) is 5.82 Å². The molecule has 3 rings (SSSR count). The summed E-state index contributed by atoms with van der Waals surface area (Å²) in [5, 5.41) is 2.11. The molecule has 0 saturated heterocycles. The zero-order chi connectivity index (χ0) is 11.7. The smallest absolute Gasteiger partial charge is 0.125 e. The number of nitrogens with zero attached hydrogens (tertiary/aromatic N) is 4. The molecule has 1 aliphatic rings. The number of hydrogen-bond acceptors (Lipinski definition) is 5. The van der Waals surface area contributed by atoms with E-state index in [4.69, 9.17) is 0 Å². The van der Waals surface area contributed by atoms with Crippen molar-refractivity contribution < 1.29 is 0 Å². The molecule has 4 nitrogen and oxygen atoms in total. The monoisotopic (exact) mass is 246 g/mol. The van der Waals surface area contributed by atoms with Crippen LogP contribution in [-0.4, -0.2) is 26.4 Å². The van der Waals surface area contributed by atoms with Crippen LogP contribution in [0.2, 0.25) is 0 Å². The molecule has 0 atom stereocenters. The number of thiazole rings is 1. The van der Waals surface area contributed by atoms with E-state index >= 15 is 0 Å². The van der Waals surface area contributed by atoms with Gasteiger partial charge in [0.15, 0.2) is 0 Å². The van der Waals surface area contributed by atoms with E-state index in [1.807, 2.05) is 18.6 Å². The first-order valence-electron chi connectivity index (χ1n) is 5.72. The molecule has 0 aliphatic carbocycles. The first kappa shape index (κ1) is 10.8. The van der Waals surface area contributed by atoms with Gasteiger partial charge in [0.2, 0.25) is 0 Å². The third-order valence-electron chi connectivity index (χ3n) is 3.00. The molecule has 0 fully saturated rings. The average molecular weight is 246 g/mol. The fraction of sp³-hybridized carbons (Fsp3) is 0.417. The molecule has 0 bridgehead atoms. The van der Waals surface area contributed by atoms with Crippen LogP contribution in [0.5, 0.6) is 0 Å². The van der Waals surface area contributed by atoms with E-state index in [9.17, 15) is 0 Å². The highest BCUT2D eigenvalue weighted by molar-refractivity contribution is 7.07. The Morgan fingerprint density at radius 1 is 1.41 bits per heavy atom. The Balaban J connectivity index is 1.74. The molecule has 0 saturated carbocycles. The summed E-state index contributed by atoms with van der Waals surface area (Å²) >= 11 is 1.65. The van der Waals surface area contributed by atoms with Crippen molar-refractivity contribution in [3.63, 3.8) is 0 Å². The summed E-state index contributed by atoms with van der Waals surface area (Å²) in [6.07, 6.45) is 2.98. The lowest BCUT2D eigenvalue weighted by Gasteiger charge is -2.27. The Morgan fingerprint density at radius 3 is 3.18 bits per heavy atom. The minimum Gasteiger partial charge on any atom is -0.293 e. The van der Waals surface area contributed by atoms with Crippen molar-refractivity contribution in [3.05, 3.63) is 39.9 Å². The second-order valence-corrected chi connectivity index (χ2v) is 5.05. The van der Waals surface area contributed by atoms with Gasteiger partial charge in [-0.1, -0.05) is 0 Å². The average Bonchev–Trinajstić information content (AvgIpc) is 2.82. The first-order chi connectivity index (χ1) is 8.31. The van der Waals surface area contributed by atoms with Gasteiger partial charge in [-0.25, -0.2) is 15.0 Å². The molecule has 0 amide bonds. The largest absolute Gasteiger partial charge is 0.293 e. The summed E-state index contributed by atoms with van der Waals surface area (Å²) < 4.78 is 0. The van der Waals surface area contributed by atoms with Crippen molar-refractivity contribution in [1.82, 2.24) is 19.9 Å². The van der Waals surface area contributed by atoms with Crippen molar-refractivity contribution in [3.8, 4) is 0 Å². The van der Waals surface area contributed by atoms with E-state index in [-0.39, 0.29) is 0 Å². The second kappa shape index (κ2) is 4.50. The Kier molecular flexibility index (Phi) is 2.86. The van der Waals surface area contributed by atoms with Gasteiger partial charge in [-0.15, -0.1) is 11.3 Å². The molecule has 0 N–H and O–H groups in total. The van der Waals surface area contributed by atoms with Crippen molar-refractivity contribution in [2.75, 3.05) is 6.54 Å². The SMILES string of the molecule is Cc1ncc2c(n1)CCN(Cc1cscn1)C2. The molecular weight excluding hydrogens is 232 g/mol. The van der Waals surface area contributed by atoms with Gasteiger partial charge < -0.3 is 0 Å². The topological polar surface area (TPSA) is 41.9 Å². The van der Waals surface area contributed by atoms with E-state index in [0.717, 1.165) is 37.6 Å². The number of aryl methyl sites for hydroxylation is 1. The Hall–Kier alpha value is -1.33. The lowest BCUT2D eigenvalue weighted by atomic mass is 10.1. The van der Waals surface area contributed by atoms with Gasteiger partial charge in [0.25, 0.3) is 0 Å². The van der Waals surface area contributed by atoms with E-state index in [2.05, 4.69) is 25.2 Å². The predicted octanol–water partition coefficient (Wildman–Crippen LogP) is 1.80. The molecule has 17 heavy (non-hydrogen) atoms. The van der Waals surface area contributed by atoms with Crippen LogP contribution < -0.4 is 0 Å². The van der Waals surface area contributed by atoms with Crippen molar-refractivity contribution >= 4 is 11.3 Å². The highest BCUT2D eigenvalue weighted by Crippen LogP contribution is 2.18. The predicted molar refractivity (Wildman–Crippen MR) is 66.7 cm³/mol. The van der Waals surface area contributed by atoms with Gasteiger partial charge >= 0.3 is 0 Å². The van der Waals surface area contributed by atoms with Crippen LogP contribution in [0.4, 0.5) is 0 Å². The summed E-state index contributed by atoms with van der Waals surface area (Å²) in [7, 11) is 0. The lowest BCUT2D eigenvalue weighted by Crippen LogP contribution is -2.31. The summed E-state index contributed by atoms with van der Waals surface area (Å²) in [4.78, 5) is 15.5. The molecule has 2 aromatic rings. The minimum absolute atomic E-state index is 0.872. The Labute approximate surface area is 104 Å². The fourth-order valence-corrected chi connectivity index (χ4v) is 2.70. The number of fused-ring (bicyclic) bond motifs is 1. The van der Waals surface area contributed by atoms with E-state index in [0.29, 0.717) is 0 Å². The maximum Gasteiger partial charge on any atom is 0.125 e. The third-order valence-corrected chi connectivity index (χ3v) is 3.64. The van der Waals surface area contributed by atoms with Crippen LogP contribution >= 0.6 is 11.3 Å². The van der Waals surface area contributed by atoms with Crippen molar-refractivity contribution in [1.29, 1.82) is 0 Å². The van der Waals surface area contributed by atoms with Crippen LogP contribution in [0.3, 0.4) is 0 Å². The lowest BCUT2D eigenvalue weighted by molar-refractivity contribution is 0.240. The normalized spacial score (nSPS) is 15.8. The second-order valence-electron chi connectivity index (χ2n) is 4.33. The summed E-state index contributed by atoms with van der Waals surface area (Å²) in [5.41, 5.74) is 5.52. The molecule has 2 aromatic heterocycles. The van der Waals surface area contributed by atoms with Crippen LogP contribution in [0.15, 0.2) is 17.1 Å². The quantitative estimate of drug-likeness (QED) is 0.810. The molecule has 88 valence electrons. The molecule has 0 spiro atoms. The van der Waals surface area contributed by atoms with Crippen LogP contribution in [-0.2, 0) is 19.5 Å². The van der Waals surface area contributed by atoms with Crippen molar-refractivity contribution in [2.45, 2.75) is 26.4 Å². The summed E-state index contributed by atoms with van der Waals surface area (Å²) in [5.74, 6) is 0.872. The molecule has 1 aliphatic heterocycles. The van der Waals surface area contributed by atoms with Gasteiger partial charge in [-0.2, -0.15) is 0 Å². The number of hydrogen-bond donors (Lipinski definition) is 0. The molecule has 0 aromatic carbocycles. The van der Waals surface area contributed by atoms with E-state index < -0.39 is 0 Å². The Bertz CT molecular complexity index is 509. The zero-order valence-electron chi connectivity index (χ0n) is 9.76. The maximum atomic E-state index is 4.49. The molecule has 3 heterocycles. The number of aromatic nitrogens is 3. The molecular formula is C12H14N4S. The van der Waals surface area contributed by atoms with Crippen molar-refractivity contribution in [2.24, 2.45) is 0 Å². The van der Waals surface area contributed by atoms with Crippen LogP contribution in [0.1, 0.15) is 22.8 Å². The fourth-order valence-electron chi connectivity index (χ4n) is 2.15. The minimum atomic E-state index is 0.872. The van der Waals surface area contributed by atoms with E-state index in [1.165, 1.54) is 11.3 Å². The summed E-state index contributed by atoms with van der Waals surface area (Å²) in [6, 6.07) is 0. The first-order valence-corrected chi connectivity index (χ1v) is 6.66. The van der Waals surface area contributed by atoms with Gasteiger partial charge in [0.05, 0.1) is 11.2 Å². The molecule has 5 heteroatoms. The number of rotatable bonds is 2. The van der Waals surface area contributed by atoms with E-state index in [1.54, 1.807) is 11.3 Å². The Morgan fingerprint density at radius 2 is 2.35 bits per heavy atom.